The molecule has 0 aliphatic carbocycles. The lowest BCUT2D eigenvalue weighted by Gasteiger charge is -2.39. The minimum atomic E-state index is 0.183. The molecule has 1 fully saturated rings. The number of nitrogens with two attached hydrogens (primary N) is 1. The highest BCUT2D eigenvalue weighted by atomic mass is 32.1. The molecule has 1 atom stereocenters. The van der Waals surface area contributed by atoms with Gasteiger partial charge in [0.25, 0.3) is 0 Å². The van der Waals surface area contributed by atoms with Crippen LogP contribution in [0.5, 0.6) is 0 Å². The molecule has 1 aromatic heterocycles. The van der Waals surface area contributed by atoms with Crippen LogP contribution in [0, 0.1) is 5.41 Å². The zero-order valence-corrected chi connectivity index (χ0v) is 12.0. The number of nitrogens with zero attached hydrogens (tertiary/aromatic N) is 1. The normalized spacial score (nSPS) is 24.6. The summed E-state index contributed by atoms with van der Waals surface area (Å²) in [5, 5.41) is 2.14. The maximum Gasteiger partial charge on any atom is 0.0546 e. The van der Waals surface area contributed by atoms with Gasteiger partial charge in [-0.3, -0.25) is 0 Å². The van der Waals surface area contributed by atoms with Crippen molar-refractivity contribution >= 4 is 11.3 Å². The molecule has 1 aromatic rings. The molecule has 0 amide bonds. The van der Waals surface area contributed by atoms with Crippen molar-refractivity contribution in [3.8, 4) is 0 Å². The number of hydrogen-bond acceptors (Lipinski definition) is 4. The molecule has 2 N–H and O–H groups in total. The second kappa shape index (κ2) is 6.66. The fourth-order valence-electron chi connectivity index (χ4n) is 2.67. The molecule has 18 heavy (non-hydrogen) atoms. The number of likely N-dealkylation sites (N-methyl/N-ethyl adjacent to an activating group) is 1. The Kier molecular flexibility index (Phi) is 5.18. The molecule has 4 heteroatoms. The SMILES string of the molecule is CN(CCc1cccs1)CC1(CN)CCCOC1. The quantitative estimate of drug-likeness (QED) is 0.857. The van der Waals surface area contributed by atoms with Crippen LogP contribution in [-0.4, -0.2) is 44.8 Å². The van der Waals surface area contributed by atoms with E-state index >= 15 is 0 Å². The molecule has 0 bridgehead atoms. The van der Waals surface area contributed by atoms with Crippen LogP contribution >= 0.6 is 11.3 Å². The van der Waals surface area contributed by atoms with E-state index in [1.807, 2.05) is 11.3 Å². The lowest BCUT2D eigenvalue weighted by molar-refractivity contribution is -0.0180. The summed E-state index contributed by atoms with van der Waals surface area (Å²) in [4.78, 5) is 3.87. The molecule has 1 aliphatic heterocycles. The monoisotopic (exact) mass is 268 g/mol. The van der Waals surface area contributed by atoms with Gasteiger partial charge >= 0.3 is 0 Å². The van der Waals surface area contributed by atoms with Crippen LogP contribution in [0.3, 0.4) is 0 Å². The van der Waals surface area contributed by atoms with Gasteiger partial charge in [-0.1, -0.05) is 6.07 Å². The third-order valence-corrected chi connectivity index (χ3v) is 4.70. The molecular weight excluding hydrogens is 244 g/mol. The highest BCUT2D eigenvalue weighted by Crippen LogP contribution is 2.28. The van der Waals surface area contributed by atoms with Crippen LogP contribution in [-0.2, 0) is 11.2 Å². The summed E-state index contributed by atoms with van der Waals surface area (Å²) in [5.41, 5.74) is 6.16. The minimum absolute atomic E-state index is 0.183. The Balaban J connectivity index is 1.79. The molecule has 2 rings (SSSR count). The Morgan fingerprint density at radius 3 is 3.06 bits per heavy atom. The van der Waals surface area contributed by atoms with E-state index in [-0.39, 0.29) is 5.41 Å². The Morgan fingerprint density at radius 1 is 1.56 bits per heavy atom. The lowest BCUT2D eigenvalue weighted by Crippen LogP contribution is -2.47. The van der Waals surface area contributed by atoms with Crippen molar-refractivity contribution < 1.29 is 4.74 Å². The van der Waals surface area contributed by atoms with Gasteiger partial charge in [-0.15, -0.1) is 11.3 Å². The standard InChI is InChI=1S/C14H24N2OS/c1-16(7-5-13-4-2-9-18-13)11-14(10-15)6-3-8-17-12-14/h2,4,9H,3,5-8,10-12,15H2,1H3. The zero-order chi connectivity index (χ0) is 12.8. The first kappa shape index (κ1) is 14.0. The molecule has 0 saturated carbocycles. The van der Waals surface area contributed by atoms with Gasteiger partial charge in [0.1, 0.15) is 0 Å². The summed E-state index contributed by atoms with van der Waals surface area (Å²) >= 11 is 1.84. The number of ether oxygens (including phenoxy) is 1. The van der Waals surface area contributed by atoms with Crippen LogP contribution in [0.15, 0.2) is 17.5 Å². The third kappa shape index (κ3) is 3.79. The highest BCUT2D eigenvalue weighted by Gasteiger charge is 2.32. The van der Waals surface area contributed by atoms with Crippen molar-refractivity contribution in [2.24, 2.45) is 11.1 Å². The van der Waals surface area contributed by atoms with Crippen LogP contribution in [0.25, 0.3) is 0 Å². The summed E-state index contributed by atoms with van der Waals surface area (Å²) in [6.07, 6.45) is 3.48. The van der Waals surface area contributed by atoms with Crippen LogP contribution in [0.1, 0.15) is 17.7 Å². The third-order valence-electron chi connectivity index (χ3n) is 3.76. The van der Waals surface area contributed by atoms with Gasteiger partial charge in [0.15, 0.2) is 0 Å². The molecule has 3 nitrogen and oxygen atoms in total. The maximum atomic E-state index is 5.97. The molecule has 1 saturated heterocycles. The molecule has 0 radical (unpaired) electrons. The van der Waals surface area contributed by atoms with Gasteiger partial charge in [-0.05, 0) is 37.8 Å². The number of hydrogen-bond donors (Lipinski definition) is 1. The first-order chi connectivity index (χ1) is 8.74. The van der Waals surface area contributed by atoms with Gasteiger partial charge in [-0.2, -0.15) is 0 Å². The largest absolute Gasteiger partial charge is 0.381 e. The summed E-state index contributed by atoms with van der Waals surface area (Å²) in [6.45, 7) is 4.61. The van der Waals surface area contributed by atoms with Gasteiger partial charge in [0, 0.05) is 36.5 Å². The van der Waals surface area contributed by atoms with E-state index in [1.54, 1.807) is 0 Å². The molecule has 1 aliphatic rings. The van der Waals surface area contributed by atoms with Gasteiger partial charge in [0.05, 0.1) is 6.61 Å². The molecule has 102 valence electrons. The average molecular weight is 268 g/mol. The van der Waals surface area contributed by atoms with E-state index in [4.69, 9.17) is 10.5 Å². The van der Waals surface area contributed by atoms with E-state index < -0.39 is 0 Å². The fourth-order valence-corrected chi connectivity index (χ4v) is 3.37. The van der Waals surface area contributed by atoms with Crippen molar-refractivity contribution in [3.63, 3.8) is 0 Å². The van der Waals surface area contributed by atoms with E-state index in [0.29, 0.717) is 0 Å². The van der Waals surface area contributed by atoms with Crippen molar-refractivity contribution in [1.82, 2.24) is 4.90 Å². The van der Waals surface area contributed by atoms with Crippen LogP contribution in [0.4, 0.5) is 0 Å². The first-order valence-corrected chi connectivity index (χ1v) is 7.61. The zero-order valence-electron chi connectivity index (χ0n) is 11.2. The van der Waals surface area contributed by atoms with E-state index in [9.17, 15) is 0 Å². The topological polar surface area (TPSA) is 38.5 Å². The first-order valence-electron chi connectivity index (χ1n) is 6.73. The molecule has 2 heterocycles. The van der Waals surface area contributed by atoms with Crippen molar-refractivity contribution in [1.29, 1.82) is 0 Å². The number of rotatable bonds is 6. The second-order valence-electron chi connectivity index (χ2n) is 5.43. The lowest BCUT2D eigenvalue weighted by atomic mass is 9.82. The van der Waals surface area contributed by atoms with Gasteiger partial charge in [-0.25, -0.2) is 0 Å². The Hall–Kier alpha value is -0.420. The highest BCUT2D eigenvalue weighted by molar-refractivity contribution is 7.09. The van der Waals surface area contributed by atoms with Crippen molar-refractivity contribution in [2.75, 3.05) is 39.9 Å². The summed E-state index contributed by atoms with van der Waals surface area (Å²) in [7, 11) is 2.19. The summed E-state index contributed by atoms with van der Waals surface area (Å²) < 4.78 is 5.62. The Morgan fingerprint density at radius 2 is 2.44 bits per heavy atom. The van der Waals surface area contributed by atoms with Gasteiger partial charge < -0.3 is 15.4 Å². The smallest absolute Gasteiger partial charge is 0.0546 e. The van der Waals surface area contributed by atoms with Crippen LogP contribution in [0.2, 0.25) is 0 Å². The second-order valence-corrected chi connectivity index (χ2v) is 6.46. The number of thiophene rings is 1. The Bertz CT molecular complexity index is 334. The fraction of sp³-hybridized carbons (Fsp3) is 0.714. The molecular formula is C14H24N2OS. The molecule has 0 spiro atoms. The van der Waals surface area contributed by atoms with E-state index in [1.165, 1.54) is 11.3 Å². The summed E-state index contributed by atoms with van der Waals surface area (Å²) in [6, 6.07) is 4.33. The molecule has 0 aromatic carbocycles. The van der Waals surface area contributed by atoms with Gasteiger partial charge in [0.2, 0.25) is 0 Å². The molecule has 1 unspecified atom stereocenters. The van der Waals surface area contributed by atoms with Crippen LogP contribution < -0.4 is 5.73 Å². The predicted molar refractivity (Wildman–Crippen MR) is 77.1 cm³/mol. The van der Waals surface area contributed by atoms with Crippen molar-refractivity contribution in [2.45, 2.75) is 19.3 Å². The van der Waals surface area contributed by atoms with E-state index in [0.717, 1.165) is 45.7 Å². The minimum Gasteiger partial charge on any atom is -0.381 e. The maximum absolute atomic E-state index is 5.97. The van der Waals surface area contributed by atoms with Crippen molar-refractivity contribution in [3.05, 3.63) is 22.4 Å². The average Bonchev–Trinajstić information content (AvgIpc) is 2.91. The predicted octanol–water partition coefficient (Wildman–Crippen LogP) is 1.98. The summed E-state index contributed by atoms with van der Waals surface area (Å²) in [5.74, 6) is 0. The van der Waals surface area contributed by atoms with E-state index in [2.05, 4.69) is 29.5 Å². The Labute approximate surface area is 114 Å².